The highest BCUT2D eigenvalue weighted by molar-refractivity contribution is 9.10. The van der Waals surface area contributed by atoms with Gasteiger partial charge in [0.15, 0.2) is 0 Å². The summed E-state index contributed by atoms with van der Waals surface area (Å²) in [4.78, 5) is 4.20. The van der Waals surface area contributed by atoms with E-state index < -0.39 is 0 Å². The van der Waals surface area contributed by atoms with E-state index in [-0.39, 0.29) is 6.04 Å². The normalized spacial score (nSPS) is 12.6. The van der Waals surface area contributed by atoms with Gasteiger partial charge in [-0.25, -0.2) is 4.98 Å². The second-order valence-corrected chi connectivity index (χ2v) is 4.50. The Bertz CT molecular complexity index is 482. The van der Waals surface area contributed by atoms with E-state index in [2.05, 4.69) is 36.4 Å². The van der Waals surface area contributed by atoms with E-state index in [0.29, 0.717) is 17.5 Å². The fourth-order valence-electron chi connectivity index (χ4n) is 1.41. The molecule has 1 N–H and O–H groups in total. The number of aromatic nitrogens is 3. The predicted octanol–water partition coefficient (Wildman–Crippen LogP) is 2.56. The standard InChI is InChI=1S/C11H13BrN4O/c1-3-13-7(2)10-15-16-11(17-10)9-5-4-8(12)6-14-9/h4-7,13H,3H2,1-2H3. The Hall–Kier alpha value is -1.27. The zero-order chi connectivity index (χ0) is 12.3. The quantitative estimate of drug-likeness (QED) is 0.939. The third-order valence-electron chi connectivity index (χ3n) is 2.27. The van der Waals surface area contributed by atoms with Crippen molar-refractivity contribution in [2.24, 2.45) is 0 Å². The van der Waals surface area contributed by atoms with Gasteiger partial charge in [-0.2, -0.15) is 0 Å². The fourth-order valence-corrected chi connectivity index (χ4v) is 1.64. The molecule has 0 fully saturated rings. The van der Waals surface area contributed by atoms with Crippen LogP contribution in [-0.2, 0) is 0 Å². The summed E-state index contributed by atoms with van der Waals surface area (Å²) in [6.07, 6.45) is 1.70. The number of nitrogens with one attached hydrogen (secondary N) is 1. The second kappa shape index (κ2) is 5.37. The van der Waals surface area contributed by atoms with Gasteiger partial charge >= 0.3 is 0 Å². The summed E-state index contributed by atoms with van der Waals surface area (Å²) in [5.74, 6) is 1.02. The van der Waals surface area contributed by atoms with Crippen molar-refractivity contribution in [1.82, 2.24) is 20.5 Å². The highest BCUT2D eigenvalue weighted by atomic mass is 79.9. The van der Waals surface area contributed by atoms with Gasteiger partial charge in [0.1, 0.15) is 5.69 Å². The molecule has 0 saturated carbocycles. The van der Waals surface area contributed by atoms with Crippen LogP contribution in [0.4, 0.5) is 0 Å². The molecular formula is C11H13BrN4O. The first-order valence-corrected chi connectivity index (χ1v) is 6.18. The summed E-state index contributed by atoms with van der Waals surface area (Å²) < 4.78 is 6.48. The highest BCUT2D eigenvalue weighted by Gasteiger charge is 2.14. The molecule has 5 nitrogen and oxygen atoms in total. The van der Waals surface area contributed by atoms with Crippen LogP contribution in [0.5, 0.6) is 0 Å². The third kappa shape index (κ3) is 2.89. The fraction of sp³-hybridized carbons (Fsp3) is 0.364. The number of nitrogens with zero attached hydrogens (tertiary/aromatic N) is 3. The van der Waals surface area contributed by atoms with Crippen LogP contribution in [0, 0.1) is 0 Å². The Morgan fingerprint density at radius 3 is 2.88 bits per heavy atom. The summed E-state index contributed by atoms with van der Waals surface area (Å²) in [6.45, 7) is 4.87. The molecule has 0 aliphatic heterocycles. The lowest BCUT2D eigenvalue weighted by molar-refractivity contribution is 0.428. The smallest absolute Gasteiger partial charge is 0.266 e. The van der Waals surface area contributed by atoms with Crippen molar-refractivity contribution in [3.05, 3.63) is 28.7 Å². The number of hydrogen-bond acceptors (Lipinski definition) is 5. The summed E-state index contributed by atoms with van der Waals surface area (Å²) in [6, 6.07) is 3.77. The van der Waals surface area contributed by atoms with Crippen LogP contribution < -0.4 is 5.32 Å². The Labute approximate surface area is 108 Å². The van der Waals surface area contributed by atoms with E-state index >= 15 is 0 Å². The van der Waals surface area contributed by atoms with Crippen LogP contribution in [0.2, 0.25) is 0 Å². The number of halogens is 1. The summed E-state index contributed by atoms with van der Waals surface area (Å²) in [5, 5.41) is 11.2. The lowest BCUT2D eigenvalue weighted by Crippen LogP contribution is -2.17. The molecule has 1 unspecified atom stereocenters. The van der Waals surface area contributed by atoms with Gasteiger partial charge in [0.2, 0.25) is 5.89 Å². The molecule has 1 atom stereocenters. The maximum absolute atomic E-state index is 5.56. The van der Waals surface area contributed by atoms with Crippen LogP contribution in [0.1, 0.15) is 25.8 Å². The SMILES string of the molecule is CCNC(C)c1nnc(-c2ccc(Br)cn2)o1. The number of rotatable bonds is 4. The largest absolute Gasteiger partial charge is 0.418 e. The minimum Gasteiger partial charge on any atom is -0.418 e. The van der Waals surface area contributed by atoms with Crippen molar-refractivity contribution in [2.45, 2.75) is 19.9 Å². The highest BCUT2D eigenvalue weighted by Crippen LogP contribution is 2.19. The molecule has 0 bridgehead atoms. The monoisotopic (exact) mass is 296 g/mol. The van der Waals surface area contributed by atoms with Gasteiger partial charge in [-0.15, -0.1) is 10.2 Å². The summed E-state index contributed by atoms with van der Waals surface area (Å²) >= 11 is 3.33. The Balaban J connectivity index is 2.20. The zero-order valence-corrected chi connectivity index (χ0v) is 11.2. The average molecular weight is 297 g/mol. The average Bonchev–Trinajstić information content (AvgIpc) is 2.80. The van der Waals surface area contributed by atoms with Gasteiger partial charge in [0, 0.05) is 10.7 Å². The number of hydrogen-bond donors (Lipinski definition) is 1. The van der Waals surface area contributed by atoms with Crippen LogP contribution in [0.3, 0.4) is 0 Å². The molecule has 2 heterocycles. The molecule has 6 heteroatoms. The first-order chi connectivity index (χ1) is 8.20. The molecule has 0 aliphatic rings. The lowest BCUT2D eigenvalue weighted by atomic mass is 10.3. The lowest BCUT2D eigenvalue weighted by Gasteiger charge is -2.05. The van der Waals surface area contributed by atoms with E-state index in [4.69, 9.17) is 4.42 Å². The Morgan fingerprint density at radius 2 is 2.24 bits per heavy atom. The van der Waals surface area contributed by atoms with Gasteiger partial charge in [0.05, 0.1) is 6.04 Å². The van der Waals surface area contributed by atoms with Gasteiger partial charge in [-0.3, -0.25) is 0 Å². The zero-order valence-electron chi connectivity index (χ0n) is 9.64. The minimum absolute atomic E-state index is 0.0525. The second-order valence-electron chi connectivity index (χ2n) is 3.59. The minimum atomic E-state index is 0.0525. The molecule has 0 aliphatic carbocycles. The molecule has 0 aromatic carbocycles. The van der Waals surface area contributed by atoms with E-state index in [9.17, 15) is 0 Å². The van der Waals surface area contributed by atoms with Gasteiger partial charge in [-0.05, 0) is 41.5 Å². The molecule has 2 aromatic heterocycles. The van der Waals surface area contributed by atoms with Crippen LogP contribution in [0.25, 0.3) is 11.6 Å². The Morgan fingerprint density at radius 1 is 1.41 bits per heavy atom. The summed E-state index contributed by atoms with van der Waals surface area (Å²) in [7, 11) is 0. The maximum atomic E-state index is 5.56. The van der Waals surface area contributed by atoms with Gasteiger partial charge in [0.25, 0.3) is 5.89 Å². The number of pyridine rings is 1. The van der Waals surface area contributed by atoms with Gasteiger partial charge < -0.3 is 9.73 Å². The van der Waals surface area contributed by atoms with Gasteiger partial charge in [-0.1, -0.05) is 6.92 Å². The van der Waals surface area contributed by atoms with Crippen molar-refractivity contribution in [2.75, 3.05) is 6.54 Å². The van der Waals surface area contributed by atoms with E-state index in [1.54, 1.807) is 6.20 Å². The van der Waals surface area contributed by atoms with Crippen molar-refractivity contribution >= 4 is 15.9 Å². The Kier molecular flexibility index (Phi) is 3.86. The third-order valence-corrected chi connectivity index (χ3v) is 2.74. The van der Waals surface area contributed by atoms with Crippen molar-refractivity contribution in [3.8, 4) is 11.6 Å². The maximum Gasteiger partial charge on any atom is 0.266 e. The molecule has 0 amide bonds. The topological polar surface area (TPSA) is 63.8 Å². The molecule has 17 heavy (non-hydrogen) atoms. The first-order valence-electron chi connectivity index (χ1n) is 5.39. The van der Waals surface area contributed by atoms with Crippen molar-refractivity contribution in [3.63, 3.8) is 0 Å². The molecule has 0 radical (unpaired) electrons. The molecular weight excluding hydrogens is 284 g/mol. The van der Waals surface area contributed by atoms with Crippen molar-refractivity contribution in [1.29, 1.82) is 0 Å². The summed E-state index contributed by atoms with van der Waals surface area (Å²) in [5.41, 5.74) is 0.677. The first kappa shape index (κ1) is 12.2. The molecule has 90 valence electrons. The molecule has 0 spiro atoms. The van der Waals surface area contributed by atoms with Crippen LogP contribution in [-0.4, -0.2) is 21.7 Å². The molecule has 0 saturated heterocycles. The molecule has 2 aromatic rings. The molecule has 2 rings (SSSR count). The van der Waals surface area contributed by atoms with E-state index in [1.165, 1.54) is 0 Å². The van der Waals surface area contributed by atoms with E-state index in [0.717, 1.165) is 11.0 Å². The predicted molar refractivity (Wildman–Crippen MR) is 67.3 cm³/mol. The van der Waals surface area contributed by atoms with Crippen molar-refractivity contribution < 1.29 is 4.42 Å². The van der Waals surface area contributed by atoms with Crippen LogP contribution >= 0.6 is 15.9 Å². The van der Waals surface area contributed by atoms with Crippen LogP contribution in [0.15, 0.2) is 27.2 Å². The van der Waals surface area contributed by atoms with E-state index in [1.807, 2.05) is 26.0 Å².